The molecule has 0 spiro atoms. The van der Waals surface area contributed by atoms with Crippen molar-refractivity contribution in [2.24, 2.45) is 5.92 Å². The number of imidazole rings is 1. The van der Waals surface area contributed by atoms with E-state index in [0.29, 0.717) is 12.5 Å². The molecular formula is C23H33N5O. The third-order valence-corrected chi connectivity index (χ3v) is 6.25. The number of nitrogens with zero attached hydrogens (tertiary/aromatic N) is 4. The fourth-order valence-electron chi connectivity index (χ4n) is 4.31. The van der Waals surface area contributed by atoms with Gasteiger partial charge < -0.3 is 9.88 Å². The van der Waals surface area contributed by atoms with Crippen LogP contribution in [0.2, 0.25) is 0 Å². The van der Waals surface area contributed by atoms with Crippen LogP contribution >= 0.6 is 0 Å². The van der Waals surface area contributed by atoms with Crippen molar-refractivity contribution in [3.63, 3.8) is 0 Å². The van der Waals surface area contributed by atoms with Crippen molar-refractivity contribution >= 4 is 5.91 Å². The molecule has 0 atom stereocenters. The molecule has 29 heavy (non-hydrogen) atoms. The number of aromatic amines is 1. The number of amides is 1. The van der Waals surface area contributed by atoms with E-state index in [1.165, 1.54) is 12.8 Å². The van der Waals surface area contributed by atoms with E-state index in [4.69, 9.17) is 0 Å². The van der Waals surface area contributed by atoms with Crippen LogP contribution < -0.4 is 0 Å². The second kappa shape index (κ2) is 9.55. The minimum absolute atomic E-state index is 0.300. The second-order valence-electron chi connectivity index (χ2n) is 8.59. The van der Waals surface area contributed by atoms with Gasteiger partial charge in [-0.05, 0) is 38.3 Å². The maximum Gasteiger partial charge on any atom is 0.236 e. The van der Waals surface area contributed by atoms with Crippen LogP contribution in [0.3, 0.4) is 0 Å². The molecule has 0 saturated carbocycles. The number of nitrogens with one attached hydrogen (secondary N) is 1. The summed E-state index contributed by atoms with van der Waals surface area (Å²) in [6.45, 7) is 9.52. The summed E-state index contributed by atoms with van der Waals surface area (Å²) in [6.07, 6.45) is 5.41. The Labute approximate surface area is 173 Å². The van der Waals surface area contributed by atoms with Crippen LogP contribution in [0.1, 0.15) is 31.9 Å². The smallest absolute Gasteiger partial charge is 0.236 e. The molecule has 1 aromatic heterocycles. The van der Waals surface area contributed by atoms with Gasteiger partial charge in [0.15, 0.2) is 0 Å². The van der Waals surface area contributed by atoms with Crippen molar-refractivity contribution in [3.8, 4) is 11.4 Å². The third kappa shape index (κ3) is 5.46. The number of aromatic nitrogens is 2. The van der Waals surface area contributed by atoms with E-state index in [9.17, 15) is 4.79 Å². The fraction of sp³-hybridized carbons (Fsp3) is 0.565. The highest BCUT2D eigenvalue weighted by Crippen LogP contribution is 2.17. The van der Waals surface area contributed by atoms with Crippen LogP contribution in [0, 0.1) is 5.92 Å². The summed E-state index contributed by atoms with van der Waals surface area (Å²) in [4.78, 5) is 27.6. The molecule has 1 N–H and O–H groups in total. The molecular weight excluding hydrogens is 362 g/mol. The highest BCUT2D eigenvalue weighted by Gasteiger charge is 2.23. The number of benzene rings is 1. The first-order valence-corrected chi connectivity index (χ1v) is 11.0. The first-order chi connectivity index (χ1) is 14.2. The summed E-state index contributed by atoms with van der Waals surface area (Å²) < 4.78 is 0. The van der Waals surface area contributed by atoms with Crippen LogP contribution in [-0.2, 0) is 11.3 Å². The van der Waals surface area contributed by atoms with E-state index in [1.807, 2.05) is 24.4 Å². The predicted molar refractivity (Wildman–Crippen MR) is 115 cm³/mol. The van der Waals surface area contributed by atoms with Crippen LogP contribution in [-0.4, -0.2) is 76.4 Å². The van der Waals surface area contributed by atoms with Crippen LogP contribution in [0.4, 0.5) is 0 Å². The van der Waals surface area contributed by atoms with Gasteiger partial charge in [0.05, 0.1) is 6.54 Å². The Morgan fingerprint density at radius 2 is 1.83 bits per heavy atom. The summed E-state index contributed by atoms with van der Waals surface area (Å²) in [7, 11) is 0. The van der Waals surface area contributed by atoms with Crippen molar-refractivity contribution in [2.75, 3.05) is 45.8 Å². The van der Waals surface area contributed by atoms with Gasteiger partial charge in [-0.25, -0.2) is 4.98 Å². The predicted octanol–water partition coefficient (Wildman–Crippen LogP) is 2.84. The Morgan fingerprint density at radius 1 is 1.03 bits per heavy atom. The van der Waals surface area contributed by atoms with Gasteiger partial charge in [-0.3, -0.25) is 14.6 Å². The summed E-state index contributed by atoms with van der Waals surface area (Å²) in [6, 6.07) is 10.2. The first-order valence-electron chi connectivity index (χ1n) is 11.0. The van der Waals surface area contributed by atoms with Gasteiger partial charge >= 0.3 is 0 Å². The van der Waals surface area contributed by atoms with Gasteiger partial charge in [-0.15, -0.1) is 0 Å². The van der Waals surface area contributed by atoms with E-state index in [-0.39, 0.29) is 0 Å². The molecule has 6 nitrogen and oxygen atoms in total. The fourth-order valence-corrected chi connectivity index (χ4v) is 4.31. The van der Waals surface area contributed by atoms with Crippen molar-refractivity contribution in [1.29, 1.82) is 0 Å². The normalized spacial score (nSPS) is 20.0. The second-order valence-corrected chi connectivity index (χ2v) is 8.59. The summed E-state index contributed by atoms with van der Waals surface area (Å²) >= 11 is 0. The highest BCUT2D eigenvalue weighted by atomic mass is 16.2. The van der Waals surface area contributed by atoms with Crippen molar-refractivity contribution < 1.29 is 4.79 Å². The number of carbonyl (C=O) groups is 1. The summed E-state index contributed by atoms with van der Waals surface area (Å²) in [5.41, 5.74) is 2.24. The lowest BCUT2D eigenvalue weighted by molar-refractivity contribution is -0.132. The van der Waals surface area contributed by atoms with Crippen LogP contribution in [0.25, 0.3) is 11.4 Å². The van der Waals surface area contributed by atoms with Gasteiger partial charge in [0.25, 0.3) is 0 Å². The Balaban J connectivity index is 1.27. The largest absolute Gasteiger partial charge is 0.341 e. The first kappa shape index (κ1) is 20.1. The molecule has 0 aliphatic carbocycles. The number of rotatable bonds is 5. The lowest BCUT2D eigenvalue weighted by Crippen LogP contribution is -2.44. The lowest BCUT2D eigenvalue weighted by Gasteiger charge is -2.31. The quantitative estimate of drug-likeness (QED) is 0.846. The molecule has 156 valence electrons. The standard InChI is InChI=1S/C23H33N5O/c1-19-8-12-27(13-9-19)18-22(29)28-11-5-10-26(14-15-28)17-21-16-24-23(25-21)20-6-3-2-4-7-20/h2-4,6-7,16,19H,5,8-15,17-18H2,1H3,(H,24,25). The van der Waals surface area contributed by atoms with Crippen molar-refractivity contribution in [1.82, 2.24) is 24.7 Å². The van der Waals surface area contributed by atoms with Gasteiger partial charge in [0.2, 0.25) is 5.91 Å². The number of likely N-dealkylation sites (tertiary alicyclic amines) is 1. The van der Waals surface area contributed by atoms with Gasteiger partial charge in [-0.1, -0.05) is 37.3 Å². The topological polar surface area (TPSA) is 55.5 Å². The maximum absolute atomic E-state index is 12.8. The molecule has 1 aromatic carbocycles. The molecule has 2 saturated heterocycles. The monoisotopic (exact) mass is 395 g/mol. The molecule has 1 amide bonds. The zero-order valence-electron chi connectivity index (χ0n) is 17.5. The molecule has 3 heterocycles. The molecule has 4 rings (SSSR count). The number of hydrogen-bond acceptors (Lipinski definition) is 4. The minimum Gasteiger partial charge on any atom is -0.341 e. The number of piperidine rings is 1. The molecule has 2 fully saturated rings. The Morgan fingerprint density at radius 3 is 2.62 bits per heavy atom. The lowest BCUT2D eigenvalue weighted by atomic mass is 9.99. The molecule has 0 radical (unpaired) electrons. The SMILES string of the molecule is CC1CCN(CC(=O)N2CCCN(Cc3cnc(-c4ccccc4)[nH]3)CC2)CC1. The van der Waals surface area contributed by atoms with E-state index in [1.54, 1.807) is 0 Å². The molecule has 6 heteroatoms. The van der Waals surface area contributed by atoms with Crippen molar-refractivity contribution in [2.45, 2.75) is 32.7 Å². The van der Waals surface area contributed by atoms with Gasteiger partial charge in [0, 0.05) is 50.2 Å². The summed E-state index contributed by atoms with van der Waals surface area (Å²) in [5.74, 6) is 2.02. The third-order valence-electron chi connectivity index (χ3n) is 6.25. The molecule has 2 aliphatic rings. The van der Waals surface area contributed by atoms with Crippen LogP contribution in [0.5, 0.6) is 0 Å². The minimum atomic E-state index is 0.300. The number of H-pyrrole nitrogens is 1. The number of hydrogen-bond donors (Lipinski definition) is 1. The molecule has 0 unspecified atom stereocenters. The molecule has 0 bridgehead atoms. The maximum atomic E-state index is 12.8. The number of carbonyl (C=O) groups excluding carboxylic acids is 1. The van der Waals surface area contributed by atoms with E-state index in [2.05, 4.69) is 43.7 Å². The molecule has 2 aliphatic heterocycles. The van der Waals surface area contributed by atoms with Gasteiger partial charge in [-0.2, -0.15) is 0 Å². The Hall–Kier alpha value is -2.18. The van der Waals surface area contributed by atoms with Gasteiger partial charge in [0.1, 0.15) is 5.82 Å². The average molecular weight is 396 g/mol. The van der Waals surface area contributed by atoms with E-state index < -0.39 is 0 Å². The summed E-state index contributed by atoms with van der Waals surface area (Å²) in [5, 5.41) is 0. The Bertz CT molecular complexity index is 782. The molecule has 2 aromatic rings. The van der Waals surface area contributed by atoms with Crippen LogP contribution in [0.15, 0.2) is 36.5 Å². The Kier molecular flexibility index (Phi) is 6.62. The highest BCUT2D eigenvalue weighted by molar-refractivity contribution is 5.78. The average Bonchev–Trinajstić information content (AvgIpc) is 3.08. The van der Waals surface area contributed by atoms with E-state index in [0.717, 1.165) is 75.2 Å². The zero-order chi connectivity index (χ0) is 20.1. The zero-order valence-corrected chi connectivity index (χ0v) is 17.5. The van der Waals surface area contributed by atoms with E-state index >= 15 is 0 Å². The van der Waals surface area contributed by atoms with Crippen molar-refractivity contribution in [3.05, 3.63) is 42.2 Å².